The highest BCUT2D eigenvalue weighted by atomic mass is 35.5. The van der Waals surface area contributed by atoms with Crippen molar-refractivity contribution in [1.82, 2.24) is 0 Å². The van der Waals surface area contributed by atoms with Crippen LogP contribution in [0.4, 0.5) is 0 Å². The van der Waals surface area contributed by atoms with Gasteiger partial charge in [-0.2, -0.15) is 0 Å². The number of aliphatic hydroxyl groups is 1. The normalized spacial score (nSPS) is 19.0. The molecule has 1 N–H and O–H groups in total. The van der Waals surface area contributed by atoms with E-state index in [9.17, 15) is 14.7 Å². The van der Waals surface area contributed by atoms with E-state index in [-0.39, 0.29) is 13.0 Å². The molecule has 1 atom stereocenters. The third-order valence-corrected chi connectivity index (χ3v) is 5.81. The molecule has 0 bridgehead atoms. The molecule has 1 saturated heterocycles. The average molecular weight is 463 g/mol. The molecule has 3 aromatic rings. The van der Waals surface area contributed by atoms with Crippen LogP contribution in [-0.2, 0) is 19.1 Å². The van der Waals surface area contributed by atoms with Crippen molar-refractivity contribution in [2.24, 2.45) is 0 Å². The highest BCUT2D eigenvalue weighted by Gasteiger charge is 2.45. The summed E-state index contributed by atoms with van der Waals surface area (Å²) in [6, 6.07) is 25.7. The summed E-state index contributed by atoms with van der Waals surface area (Å²) in [5.74, 6) is -1.66. The Balaban J connectivity index is 1.52. The Morgan fingerprint density at radius 1 is 1.00 bits per heavy atom. The minimum Gasteiger partial charge on any atom is -0.461 e. The Bertz CT molecular complexity index is 1100. The van der Waals surface area contributed by atoms with E-state index < -0.39 is 30.1 Å². The van der Waals surface area contributed by atoms with Gasteiger partial charge in [-0.1, -0.05) is 84.4 Å². The van der Waals surface area contributed by atoms with Crippen molar-refractivity contribution in [2.45, 2.75) is 17.9 Å². The van der Waals surface area contributed by atoms with Crippen LogP contribution in [0, 0.1) is 0 Å². The monoisotopic (exact) mass is 462 g/mol. The lowest BCUT2D eigenvalue weighted by Gasteiger charge is -2.26. The minimum atomic E-state index is -1.32. The Kier molecular flexibility index (Phi) is 6.92. The first-order valence-electron chi connectivity index (χ1n) is 10.6. The molecule has 1 heterocycles. The summed E-state index contributed by atoms with van der Waals surface area (Å²) in [5, 5.41) is 10.6. The third kappa shape index (κ3) is 5.33. The molecule has 0 amide bonds. The summed E-state index contributed by atoms with van der Waals surface area (Å²) < 4.78 is 11.1. The fourth-order valence-electron chi connectivity index (χ4n) is 3.84. The highest BCUT2D eigenvalue weighted by molar-refractivity contribution is 6.30. The van der Waals surface area contributed by atoms with Crippen LogP contribution in [0.3, 0.4) is 0 Å². The first-order chi connectivity index (χ1) is 16.0. The van der Waals surface area contributed by atoms with Crippen LogP contribution < -0.4 is 0 Å². The van der Waals surface area contributed by atoms with Crippen LogP contribution in [0.25, 0.3) is 6.08 Å². The van der Waals surface area contributed by atoms with Crippen molar-refractivity contribution in [1.29, 1.82) is 0 Å². The zero-order valence-corrected chi connectivity index (χ0v) is 18.6. The van der Waals surface area contributed by atoms with Crippen molar-refractivity contribution in [3.05, 3.63) is 112 Å². The molecule has 168 valence electrons. The maximum absolute atomic E-state index is 13.2. The number of ether oxygens (including phenoxy) is 2. The summed E-state index contributed by atoms with van der Waals surface area (Å²) in [7, 11) is 0. The summed E-state index contributed by atoms with van der Waals surface area (Å²) >= 11 is 5.92. The van der Waals surface area contributed by atoms with Gasteiger partial charge in [-0.3, -0.25) is 4.79 Å². The van der Waals surface area contributed by atoms with E-state index in [0.29, 0.717) is 10.6 Å². The average Bonchev–Trinajstić information content (AvgIpc) is 3.16. The van der Waals surface area contributed by atoms with Crippen molar-refractivity contribution in [3.63, 3.8) is 0 Å². The standard InChI is InChI=1S/C27H23ClO5/c28-23-13-11-19(12-14-23)15-22-16-27(17-29,33-25(22)30)18-32-26(31)24(20-7-3-1-4-8-20)21-9-5-2-6-10-21/h1-15,24,29H,16-18H2/b22-15+. The Morgan fingerprint density at radius 2 is 1.58 bits per heavy atom. The second-order valence-corrected chi connectivity index (χ2v) is 8.43. The SMILES string of the molecule is O=C1OC(CO)(COC(=O)C(c2ccccc2)c2ccccc2)C/C1=C\c1ccc(Cl)cc1. The van der Waals surface area contributed by atoms with Gasteiger partial charge in [0.15, 0.2) is 5.60 Å². The molecule has 1 aliphatic rings. The van der Waals surface area contributed by atoms with E-state index in [1.54, 1.807) is 30.3 Å². The second kappa shape index (κ2) is 10.0. The van der Waals surface area contributed by atoms with Gasteiger partial charge in [-0.05, 0) is 34.9 Å². The van der Waals surface area contributed by atoms with Crippen LogP contribution in [0.5, 0.6) is 0 Å². The van der Waals surface area contributed by atoms with Crippen molar-refractivity contribution >= 4 is 29.6 Å². The van der Waals surface area contributed by atoms with Gasteiger partial charge < -0.3 is 14.6 Å². The Hall–Kier alpha value is -3.41. The second-order valence-electron chi connectivity index (χ2n) is 7.99. The lowest BCUT2D eigenvalue weighted by atomic mass is 9.91. The zero-order chi connectivity index (χ0) is 23.3. The molecule has 0 spiro atoms. The summed E-state index contributed by atoms with van der Waals surface area (Å²) in [5.41, 5.74) is 1.44. The predicted octanol–water partition coefficient (Wildman–Crippen LogP) is 4.78. The molecule has 1 aliphatic heterocycles. The highest BCUT2D eigenvalue weighted by Crippen LogP contribution is 2.34. The van der Waals surface area contributed by atoms with Gasteiger partial charge >= 0.3 is 11.9 Å². The fraction of sp³-hybridized carbons (Fsp3) is 0.185. The number of benzene rings is 3. The summed E-state index contributed by atoms with van der Waals surface area (Å²) in [6.07, 6.45) is 1.81. The molecule has 0 aliphatic carbocycles. The first kappa shape index (κ1) is 22.8. The summed E-state index contributed by atoms with van der Waals surface area (Å²) in [6.45, 7) is -0.715. The largest absolute Gasteiger partial charge is 0.461 e. The Labute approximate surface area is 197 Å². The lowest BCUT2D eigenvalue weighted by molar-refractivity contribution is -0.166. The van der Waals surface area contributed by atoms with Crippen LogP contribution in [0.2, 0.25) is 5.02 Å². The molecular formula is C27H23ClO5. The quantitative estimate of drug-likeness (QED) is 0.404. The van der Waals surface area contributed by atoms with Gasteiger partial charge in [0.1, 0.15) is 12.5 Å². The third-order valence-electron chi connectivity index (χ3n) is 5.56. The minimum absolute atomic E-state index is 0.125. The van der Waals surface area contributed by atoms with E-state index in [1.807, 2.05) is 60.7 Å². The van der Waals surface area contributed by atoms with Crippen molar-refractivity contribution < 1.29 is 24.2 Å². The number of carbonyl (C=O) groups is 2. The van der Waals surface area contributed by atoms with E-state index >= 15 is 0 Å². The van der Waals surface area contributed by atoms with Crippen LogP contribution in [0.1, 0.15) is 29.0 Å². The van der Waals surface area contributed by atoms with Crippen LogP contribution in [-0.4, -0.2) is 35.9 Å². The van der Waals surface area contributed by atoms with E-state index in [4.69, 9.17) is 21.1 Å². The molecule has 1 unspecified atom stereocenters. The van der Waals surface area contributed by atoms with Crippen LogP contribution >= 0.6 is 11.6 Å². The molecule has 0 saturated carbocycles. The van der Waals surface area contributed by atoms with Crippen LogP contribution in [0.15, 0.2) is 90.5 Å². The molecule has 0 aromatic heterocycles. The molecule has 6 heteroatoms. The van der Waals surface area contributed by atoms with E-state index in [2.05, 4.69) is 0 Å². The molecule has 4 rings (SSSR count). The fourth-order valence-corrected chi connectivity index (χ4v) is 3.97. The van der Waals surface area contributed by atoms with E-state index in [0.717, 1.165) is 16.7 Å². The van der Waals surface area contributed by atoms with Gasteiger partial charge in [0, 0.05) is 17.0 Å². The molecule has 0 radical (unpaired) electrons. The van der Waals surface area contributed by atoms with Crippen molar-refractivity contribution in [3.8, 4) is 0 Å². The molecular weight excluding hydrogens is 440 g/mol. The topological polar surface area (TPSA) is 72.8 Å². The first-order valence-corrected chi connectivity index (χ1v) is 10.9. The van der Waals surface area contributed by atoms with Crippen molar-refractivity contribution in [2.75, 3.05) is 13.2 Å². The maximum Gasteiger partial charge on any atom is 0.334 e. The molecule has 1 fully saturated rings. The number of esters is 2. The summed E-state index contributed by atoms with van der Waals surface area (Å²) in [4.78, 5) is 25.6. The number of hydrogen-bond donors (Lipinski definition) is 1. The maximum atomic E-state index is 13.2. The zero-order valence-electron chi connectivity index (χ0n) is 17.8. The van der Waals surface area contributed by atoms with Gasteiger partial charge in [-0.15, -0.1) is 0 Å². The van der Waals surface area contributed by atoms with Gasteiger partial charge in [0.2, 0.25) is 0 Å². The molecule has 33 heavy (non-hydrogen) atoms. The number of carbonyl (C=O) groups excluding carboxylic acids is 2. The van der Waals surface area contributed by atoms with Gasteiger partial charge in [0.05, 0.1) is 6.61 Å². The molecule has 5 nitrogen and oxygen atoms in total. The number of cyclic esters (lactones) is 1. The van der Waals surface area contributed by atoms with Gasteiger partial charge in [-0.25, -0.2) is 4.79 Å². The predicted molar refractivity (Wildman–Crippen MR) is 126 cm³/mol. The Morgan fingerprint density at radius 3 is 2.12 bits per heavy atom. The molecule has 3 aromatic carbocycles. The number of rotatable bonds is 7. The van der Waals surface area contributed by atoms with Gasteiger partial charge in [0.25, 0.3) is 0 Å². The smallest absolute Gasteiger partial charge is 0.334 e. The van der Waals surface area contributed by atoms with E-state index in [1.165, 1.54) is 0 Å². The number of halogens is 1. The lowest BCUT2D eigenvalue weighted by Crippen LogP contribution is -2.40. The number of hydrogen-bond acceptors (Lipinski definition) is 5. The number of aliphatic hydroxyl groups excluding tert-OH is 1.